The van der Waals surface area contributed by atoms with Crippen LogP contribution in [0.3, 0.4) is 0 Å². The number of carbonyl (C=O) groups is 1. The third-order valence-electron chi connectivity index (χ3n) is 4.02. The lowest BCUT2D eigenvalue weighted by Gasteiger charge is -2.34. The van der Waals surface area contributed by atoms with Gasteiger partial charge in [0, 0.05) is 38.4 Å². The van der Waals surface area contributed by atoms with Gasteiger partial charge in [-0.15, -0.1) is 6.58 Å². The maximum atomic E-state index is 11.6. The summed E-state index contributed by atoms with van der Waals surface area (Å²) < 4.78 is 0. The van der Waals surface area contributed by atoms with E-state index in [-0.39, 0.29) is 12.1 Å². The monoisotopic (exact) mass is 302 g/mol. The van der Waals surface area contributed by atoms with Gasteiger partial charge in [0.25, 0.3) is 0 Å². The minimum Gasteiger partial charge on any atom is -0.369 e. The number of urea groups is 1. The predicted molar refractivity (Wildman–Crippen MR) is 91.3 cm³/mol. The fourth-order valence-corrected chi connectivity index (χ4v) is 2.53. The van der Waals surface area contributed by atoms with Crippen LogP contribution >= 0.6 is 0 Å². The Labute approximate surface area is 133 Å². The van der Waals surface area contributed by atoms with Crippen LogP contribution in [0.5, 0.6) is 0 Å². The van der Waals surface area contributed by atoms with Crippen LogP contribution in [0.1, 0.15) is 18.5 Å². The second-order valence-corrected chi connectivity index (χ2v) is 5.75. The molecule has 0 saturated carbocycles. The first-order valence-corrected chi connectivity index (χ1v) is 7.79. The lowest BCUT2D eigenvalue weighted by atomic mass is 10.1. The molecule has 1 aromatic rings. The zero-order valence-corrected chi connectivity index (χ0v) is 13.5. The molecule has 120 valence electrons. The van der Waals surface area contributed by atoms with Gasteiger partial charge in [-0.1, -0.05) is 18.2 Å². The molecular formula is C17H26N4O. The number of nitrogens with one attached hydrogen (secondary N) is 2. The summed E-state index contributed by atoms with van der Waals surface area (Å²) in [6.45, 7) is 10.4. The van der Waals surface area contributed by atoms with Crippen molar-refractivity contribution >= 4 is 11.7 Å². The molecule has 0 aliphatic carbocycles. The summed E-state index contributed by atoms with van der Waals surface area (Å²) in [6, 6.07) is 8.26. The van der Waals surface area contributed by atoms with E-state index in [1.807, 2.05) is 6.92 Å². The molecule has 1 aromatic carbocycles. The predicted octanol–water partition coefficient (Wildman–Crippen LogP) is 1.98. The van der Waals surface area contributed by atoms with Gasteiger partial charge in [-0.25, -0.2) is 4.79 Å². The van der Waals surface area contributed by atoms with Crippen molar-refractivity contribution in [2.45, 2.75) is 13.0 Å². The standard InChI is InChI=1S/C17H26N4O/c1-4-9-18-17(22)19-14(2)15-5-7-16(8-6-15)21-12-10-20(3)11-13-21/h4-8,14H,1,9-13H2,2-3H3,(H2,18,19,22). The number of benzene rings is 1. The first-order chi connectivity index (χ1) is 10.6. The van der Waals surface area contributed by atoms with Crippen LogP contribution in [0.2, 0.25) is 0 Å². The minimum absolute atomic E-state index is 0.0219. The summed E-state index contributed by atoms with van der Waals surface area (Å²) in [5.41, 5.74) is 2.35. The molecule has 0 radical (unpaired) electrons. The second-order valence-electron chi connectivity index (χ2n) is 5.75. The highest BCUT2D eigenvalue weighted by molar-refractivity contribution is 5.74. The van der Waals surface area contributed by atoms with Gasteiger partial charge in [-0.2, -0.15) is 0 Å². The molecule has 0 bridgehead atoms. The van der Waals surface area contributed by atoms with Crippen LogP contribution in [-0.2, 0) is 0 Å². The van der Waals surface area contributed by atoms with Gasteiger partial charge in [0.05, 0.1) is 6.04 Å². The second kappa shape index (κ2) is 7.84. The highest BCUT2D eigenvalue weighted by Gasteiger charge is 2.15. The van der Waals surface area contributed by atoms with E-state index in [2.05, 4.69) is 58.3 Å². The molecule has 1 aliphatic heterocycles. The molecule has 5 heteroatoms. The molecular weight excluding hydrogens is 276 g/mol. The van der Waals surface area contributed by atoms with E-state index in [0.717, 1.165) is 31.7 Å². The van der Waals surface area contributed by atoms with Gasteiger partial charge in [-0.3, -0.25) is 0 Å². The molecule has 1 saturated heterocycles. The van der Waals surface area contributed by atoms with Crippen LogP contribution in [0.25, 0.3) is 0 Å². The highest BCUT2D eigenvalue weighted by atomic mass is 16.2. The number of piperazine rings is 1. The Morgan fingerprint density at radius 1 is 1.27 bits per heavy atom. The number of likely N-dealkylation sites (N-methyl/N-ethyl adjacent to an activating group) is 1. The molecule has 1 aliphatic rings. The Hall–Kier alpha value is -2.01. The van der Waals surface area contributed by atoms with E-state index >= 15 is 0 Å². The summed E-state index contributed by atoms with van der Waals surface area (Å²) in [7, 11) is 2.16. The van der Waals surface area contributed by atoms with E-state index in [9.17, 15) is 4.79 Å². The Bertz CT molecular complexity index is 492. The van der Waals surface area contributed by atoms with Crippen LogP contribution in [0.15, 0.2) is 36.9 Å². The summed E-state index contributed by atoms with van der Waals surface area (Å²) in [6.07, 6.45) is 1.66. The van der Waals surface area contributed by atoms with Gasteiger partial charge in [0.1, 0.15) is 0 Å². The molecule has 1 heterocycles. The smallest absolute Gasteiger partial charge is 0.315 e. The van der Waals surface area contributed by atoms with E-state index in [1.54, 1.807) is 6.08 Å². The maximum Gasteiger partial charge on any atom is 0.315 e. The molecule has 1 fully saturated rings. The third-order valence-corrected chi connectivity index (χ3v) is 4.02. The molecule has 1 atom stereocenters. The molecule has 1 unspecified atom stereocenters. The Morgan fingerprint density at radius 3 is 2.50 bits per heavy atom. The van der Waals surface area contributed by atoms with Crippen molar-refractivity contribution in [3.05, 3.63) is 42.5 Å². The Morgan fingerprint density at radius 2 is 1.91 bits per heavy atom. The first kappa shape index (κ1) is 16.4. The fraction of sp³-hybridized carbons (Fsp3) is 0.471. The summed E-state index contributed by atoms with van der Waals surface area (Å²) in [5.74, 6) is 0. The molecule has 0 aromatic heterocycles. The van der Waals surface area contributed by atoms with E-state index in [0.29, 0.717) is 6.54 Å². The molecule has 2 rings (SSSR count). The van der Waals surface area contributed by atoms with E-state index in [4.69, 9.17) is 0 Å². The molecule has 2 N–H and O–H groups in total. The first-order valence-electron chi connectivity index (χ1n) is 7.79. The quantitative estimate of drug-likeness (QED) is 0.818. The van der Waals surface area contributed by atoms with E-state index in [1.165, 1.54) is 5.69 Å². The molecule has 22 heavy (non-hydrogen) atoms. The average Bonchev–Trinajstić information content (AvgIpc) is 2.54. The fourth-order valence-electron chi connectivity index (χ4n) is 2.53. The van der Waals surface area contributed by atoms with Gasteiger partial charge < -0.3 is 20.4 Å². The number of carbonyl (C=O) groups excluding carboxylic acids is 1. The van der Waals surface area contributed by atoms with Crippen molar-refractivity contribution in [3.8, 4) is 0 Å². The summed E-state index contributed by atoms with van der Waals surface area (Å²) in [5, 5.41) is 5.64. The number of anilines is 1. The van der Waals surface area contributed by atoms with Crippen molar-refractivity contribution in [2.24, 2.45) is 0 Å². The number of rotatable bonds is 5. The zero-order valence-electron chi connectivity index (χ0n) is 13.5. The topological polar surface area (TPSA) is 47.6 Å². The third kappa shape index (κ3) is 4.49. The van der Waals surface area contributed by atoms with E-state index < -0.39 is 0 Å². The molecule has 2 amide bonds. The van der Waals surface area contributed by atoms with Gasteiger partial charge in [-0.05, 0) is 31.7 Å². The number of hydrogen-bond acceptors (Lipinski definition) is 3. The largest absolute Gasteiger partial charge is 0.369 e. The van der Waals surface area contributed by atoms with Gasteiger partial charge in [0.2, 0.25) is 0 Å². The lowest BCUT2D eigenvalue weighted by Crippen LogP contribution is -2.44. The van der Waals surface area contributed by atoms with Gasteiger partial charge >= 0.3 is 6.03 Å². The molecule has 0 spiro atoms. The van der Waals surface area contributed by atoms with Crippen molar-refractivity contribution in [2.75, 3.05) is 44.7 Å². The Kier molecular flexibility index (Phi) is 5.83. The summed E-state index contributed by atoms with van der Waals surface area (Å²) in [4.78, 5) is 16.4. The van der Waals surface area contributed by atoms with Gasteiger partial charge in [0.15, 0.2) is 0 Å². The summed E-state index contributed by atoms with van der Waals surface area (Å²) >= 11 is 0. The minimum atomic E-state index is -0.171. The van der Waals surface area contributed by atoms with Crippen molar-refractivity contribution in [1.29, 1.82) is 0 Å². The van der Waals surface area contributed by atoms with Crippen LogP contribution < -0.4 is 15.5 Å². The highest BCUT2D eigenvalue weighted by Crippen LogP contribution is 2.20. The van der Waals surface area contributed by atoms with Crippen molar-refractivity contribution < 1.29 is 4.79 Å². The SMILES string of the molecule is C=CCNC(=O)NC(C)c1ccc(N2CCN(C)CC2)cc1. The van der Waals surface area contributed by atoms with Crippen LogP contribution in [-0.4, -0.2) is 50.7 Å². The zero-order chi connectivity index (χ0) is 15.9. The van der Waals surface area contributed by atoms with Crippen molar-refractivity contribution in [1.82, 2.24) is 15.5 Å². The number of amides is 2. The normalized spacial score (nSPS) is 16.9. The number of hydrogen-bond donors (Lipinski definition) is 2. The maximum absolute atomic E-state index is 11.6. The number of nitrogens with zero attached hydrogens (tertiary/aromatic N) is 2. The molecule has 5 nitrogen and oxygen atoms in total. The average molecular weight is 302 g/mol. The van der Waals surface area contributed by atoms with Crippen LogP contribution in [0, 0.1) is 0 Å². The Balaban J connectivity index is 1.90. The lowest BCUT2D eigenvalue weighted by molar-refractivity contribution is 0.239. The van der Waals surface area contributed by atoms with Crippen LogP contribution in [0.4, 0.5) is 10.5 Å². The van der Waals surface area contributed by atoms with Crippen molar-refractivity contribution in [3.63, 3.8) is 0 Å².